The Morgan fingerprint density at radius 2 is 2.00 bits per heavy atom. The third-order valence-electron chi connectivity index (χ3n) is 2.97. The number of aromatic nitrogens is 5. The Morgan fingerprint density at radius 1 is 1.19 bits per heavy atom. The molecule has 0 spiro atoms. The van der Waals surface area contributed by atoms with Crippen molar-refractivity contribution in [1.82, 2.24) is 24.5 Å². The van der Waals surface area contributed by atoms with Gasteiger partial charge in [0.25, 0.3) is 5.56 Å². The summed E-state index contributed by atoms with van der Waals surface area (Å²) in [5.41, 5.74) is 0.276. The van der Waals surface area contributed by atoms with Gasteiger partial charge < -0.3 is 4.57 Å². The molecule has 0 aliphatic carbocycles. The molecule has 0 saturated heterocycles. The molecule has 2 aromatic heterocycles. The zero-order valence-corrected chi connectivity index (χ0v) is 10.6. The number of hydrogen-bond donors (Lipinski definition) is 0. The van der Waals surface area contributed by atoms with Gasteiger partial charge in [0.1, 0.15) is 24.3 Å². The third-order valence-corrected chi connectivity index (χ3v) is 2.97. The Bertz CT molecular complexity index is 971. The summed E-state index contributed by atoms with van der Waals surface area (Å²) in [6.45, 7) is -0.0335. The van der Waals surface area contributed by atoms with Gasteiger partial charge in [0.15, 0.2) is 11.4 Å². The largest absolute Gasteiger partial charge is 0.300 e. The van der Waals surface area contributed by atoms with Gasteiger partial charge in [-0.1, -0.05) is 17.3 Å². The van der Waals surface area contributed by atoms with E-state index in [4.69, 9.17) is 10.5 Å². The summed E-state index contributed by atoms with van der Waals surface area (Å²) in [6.07, 6.45) is 1.32. The van der Waals surface area contributed by atoms with Gasteiger partial charge in [0, 0.05) is 0 Å². The molecule has 0 N–H and O–H groups in total. The highest BCUT2D eigenvalue weighted by Crippen LogP contribution is 2.06. The van der Waals surface area contributed by atoms with Crippen molar-refractivity contribution < 1.29 is 0 Å². The van der Waals surface area contributed by atoms with Gasteiger partial charge >= 0.3 is 0 Å². The highest BCUT2D eigenvalue weighted by molar-refractivity contribution is 5.76. The molecule has 100 valence electrons. The monoisotopic (exact) mass is 277 g/mol. The van der Waals surface area contributed by atoms with Crippen molar-refractivity contribution >= 4 is 10.9 Å². The second-order valence-electron chi connectivity index (χ2n) is 4.19. The first-order chi connectivity index (χ1) is 10.2. The van der Waals surface area contributed by atoms with Crippen LogP contribution >= 0.6 is 0 Å². The van der Waals surface area contributed by atoms with Crippen LogP contribution in [0.15, 0.2) is 35.4 Å². The molecule has 3 aromatic rings. The normalized spacial score (nSPS) is 10.2. The lowest BCUT2D eigenvalue weighted by atomic mass is 10.2. The summed E-state index contributed by atoms with van der Waals surface area (Å²) in [7, 11) is 0. The van der Waals surface area contributed by atoms with Gasteiger partial charge in [-0.15, -0.1) is 5.10 Å². The molecule has 0 amide bonds. The Hall–Kier alpha value is -3.52. The van der Waals surface area contributed by atoms with Crippen LogP contribution in [0.5, 0.6) is 0 Å². The maximum Gasteiger partial charge on any atom is 0.279 e. The fourth-order valence-corrected chi connectivity index (χ4v) is 1.95. The number of fused-ring (bicyclic) bond motifs is 1. The quantitative estimate of drug-likeness (QED) is 0.662. The molecular weight excluding hydrogens is 270 g/mol. The summed E-state index contributed by atoms with van der Waals surface area (Å²) in [5, 5.41) is 26.1. The van der Waals surface area contributed by atoms with Gasteiger partial charge in [0.05, 0.1) is 11.7 Å². The average molecular weight is 277 g/mol. The van der Waals surface area contributed by atoms with E-state index in [1.165, 1.54) is 10.9 Å². The SMILES string of the molecule is N#Cc1ncn(Cn2nnc3ccccc3c2=O)c1C#N. The number of imidazole rings is 1. The first-order valence-electron chi connectivity index (χ1n) is 5.92. The Morgan fingerprint density at radius 3 is 2.76 bits per heavy atom. The van der Waals surface area contributed by atoms with Crippen molar-refractivity contribution in [3.05, 3.63) is 52.3 Å². The lowest BCUT2D eigenvalue weighted by Gasteiger charge is -2.06. The average Bonchev–Trinajstić information content (AvgIpc) is 2.92. The second kappa shape index (κ2) is 4.87. The molecule has 0 radical (unpaired) electrons. The van der Waals surface area contributed by atoms with E-state index < -0.39 is 0 Å². The summed E-state index contributed by atoms with van der Waals surface area (Å²) in [6, 6.07) is 10.6. The van der Waals surface area contributed by atoms with Crippen molar-refractivity contribution in [1.29, 1.82) is 10.5 Å². The fourth-order valence-electron chi connectivity index (χ4n) is 1.95. The molecule has 8 heteroatoms. The van der Waals surface area contributed by atoms with E-state index in [9.17, 15) is 4.79 Å². The molecule has 0 saturated carbocycles. The van der Waals surface area contributed by atoms with Crippen LogP contribution in [0.3, 0.4) is 0 Å². The molecule has 2 heterocycles. The van der Waals surface area contributed by atoms with Crippen LogP contribution in [0.4, 0.5) is 0 Å². The highest BCUT2D eigenvalue weighted by atomic mass is 16.1. The van der Waals surface area contributed by atoms with Crippen molar-refractivity contribution in [3.63, 3.8) is 0 Å². The maximum atomic E-state index is 12.3. The molecule has 3 rings (SSSR count). The van der Waals surface area contributed by atoms with Gasteiger partial charge in [0.2, 0.25) is 0 Å². The van der Waals surface area contributed by atoms with Crippen LogP contribution in [0.1, 0.15) is 11.4 Å². The minimum atomic E-state index is -0.323. The van der Waals surface area contributed by atoms with E-state index in [-0.39, 0.29) is 23.6 Å². The molecule has 0 unspecified atom stereocenters. The zero-order chi connectivity index (χ0) is 14.8. The Labute approximate surface area is 118 Å². The van der Waals surface area contributed by atoms with E-state index in [1.54, 1.807) is 24.3 Å². The predicted octanol–water partition coefficient (Wildman–Crippen LogP) is 0.237. The number of benzene rings is 1. The number of hydrogen-bond acceptors (Lipinski definition) is 6. The van der Waals surface area contributed by atoms with Crippen LogP contribution in [0, 0.1) is 22.7 Å². The van der Waals surface area contributed by atoms with Gasteiger partial charge in [-0.3, -0.25) is 4.79 Å². The maximum absolute atomic E-state index is 12.3. The Balaban J connectivity index is 2.10. The van der Waals surface area contributed by atoms with E-state index in [0.29, 0.717) is 10.9 Å². The summed E-state index contributed by atoms with van der Waals surface area (Å²) < 4.78 is 2.50. The van der Waals surface area contributed by atoms with E-state index in [0.717, 1.165) is 4.68 Å². The van der Waals surface area contributed by atoms with Crippen molar-refractivity contribution in [2.75, 3.05) is 0 Å². The molecule has 8 nitrogen and oxygen atoms in total. The molecule has 21 heavy (non-hydrogen) atoms. The lowest BCUT2D eigenvalue weighted by Crippen LogP contribution is -2.27. The van der Waals surface area contributed by atoms with Crippen molar-refractivity contribution in [2.45, 2.75) is 6.67 Å². The summed E-state index contributed by atoms with van der Waals surface area (Å²) in [5.74, 6) is 0. The zero-order valence-electron chi connectivity index (χ0n) is 10.6. The van der Waals surface area contributed by atoms with Crippen LogP contribution < -0.4 is 5.56 Å². The number of rotatable bonds is 2. The van der Waals surface area contributed by atoms with Crippen LogP contribution in [-0.2, 0) is 6.67 Å². The second-order valence-corrected chi connectivity index (χ2v) is 4.19. The standard InChI is InChI=1S/C13H7N7O/c14-5-11-12(6-15)19(7-16-11)8-20-13(21)9-3-1-2-4-10(9)17-18-20/h1-4,7H,8H2. The van der Waals surface area contributed by atoms with Crippen LogP contribution in [0.2, 0.25) is 0 Å². The first-order valence-corrected chi connectivity index (χ1v) is 5.92. The van der Waals surface area contributed by atoms with Gasteiger partial charge in [-0.05, 0) is 12.1 Å². The Kier molecular flexibility index (Phi) is 2.90. The van der Waals surface area contributed by atoms with E-state index >= 15 is 0 Å². The molecule has 0 aliphatic rings. The third kappa shape index (κ3) is 2.01. The van der Waals surface area contributed by atoms with E-state index in [1.807, 2.05) is 12.1 Å². The van der Waals surface area contributed by atoms with Gasteiger partial charge in [-0.2, -0.15) is 15.2 Å². The highest BCUT2D eigenvalue weighted by Gasteiger charge is 2.12. The van der Waals surface area contributed by atoms with Crippen molar-refractivity contribution in [2.24, 2.45) is 0 Å². The minimum Gasteiger partial charge on any atom is -0.300 e. The topological polar surface area (TPSA) is 113 Å². The smallest absolute Gasteiger partial charge is 0.279 e. The van der Waals surface area contributed by atoms with Gasteiger partial charge in [-0.25, -0.2) is 4.98 Å². The van der Waals surface area contributed by atoms with Crippen LogP contribution in [0.25, 0.3) is 10.9 Å². The summed E-state index contributed by atoms with van der Waals surface area (Å²) >= 11 is 0. The molecular formula is C13H7N7O. The molecule has 0 fully saturated rings. The molecule has 0 aliphatic heterocycles. The lowest BCUT2D eigenvalue weighted by molar-refractivity contribution is 0.496. The molecule has 1 aromatic carbocycles. The number of nitrogens with zero attached hydrogens (tertiary/aromatic N) is 7. The van der Waals surface area contributed by atoms with Crippen molar-refractivity contribution in [3.8, 4) is 12.1 Å². The minimum absolute atomic E-state index is 0.0132. The molecule has 0 bridgehead atoms. The first kappa shape index (κ1) is 12.5. The molecule has 0 atom stereocenters. The van der Waals surface area contributed by atoms with E-state index in [2.05, 4.69) is 15.3 Å². The predicted molar refractivity (Wildman–Crippen MR) is 70.9 cm³/mol. The number of nitriles is 2. The fraction of sp³-hybridized carbons (Fsp3) is 0.0769. The summed E-state index contributed by atoms with van der Waals surface area (Å²) in [4.78, 5) is 16.1. The van der Waals surface area contributed by atoms with Crippen LogP contribution in [-0.4, -0.2) is 24.5 Å².